The minimum atomic E-state index is -0.534. The molecular weight excluding hydrogens is 197 g/mol. The Kier molecular flexibility index (Phi) is 4.24. The normalized spacial score (nSPS) is 12.2. The molecule has 0 aliphatic heterocycles. The van der Waals surface area contributed by atoms with Gasteiger partial charge in [-0.25, -0.2) is 4.39 Å². The van der Waals surface area contributed by atoms with Crippen molar-refractivity contribution in [2.24, 2.45) is 0 Å². The Bertz CT molecular complexity index is 341. The van der Waals surface area contributed by atoms with Crippen LogP contribution in [0.5, 0.6) is 0 Å². The zero-order valence-electron chi connectivity index (χ0n) is 8.53. The molecule has 0 aliphatic rings. The number of carbonyl (C=O) groups is 1. The SMILES string of the molecule is CCC(=O)NC(CO)c1cccc(F)c1. The maximum Gasteiger partial charge on any atom is 0.220 e. The Morgan fingerprint density at radius 3 is 2.87 bits per heavy atom. The number of nitrogens with one attached hydrogen (secondary N) is 1. The second kappa shape index (κ2) is 5.46. The van der Waals surface area contributed by atoms with E-state index in [4.69, 9.17) is 5.11 Å². The predicted octanol–water partition coefficient (Wildman–Crippen LogP) is 1.39. The van der Waals surface area contributed by atoms with Crippen molar-refractivity contribution in [3.8, 4) is 0 Å². The third-order valence-electron chi connectivity index (χ3n) is 2.09. The van der Waals surface area contributed by atoms with Gasteiger partial charge in [-0.05, 0) is 17.7 Å². The van der Waals surface area contributed by atoms with Gasteiger partial charge in [-0.3, -0.25) is 4.79 Å². The van der Waals surface area contributed by atoms with Crippen LogP contribution in [0.3, 0.4) is 0 Å². The van der Waals surface area contributed by atoms with Crippen LogP contribution < -0.4 is 5.32 Å². The van der Waals surface area contributed by atoms with Gasteiger partial charge in [0.05, 0.1) is 12.6 Å². The molecule has 82 valence electrons. The van der Waals surface area contributed by atoms with Crippen LogP contribution in [-0.2, 0) is 4.79 Å². The Labute approximate surface area is 87.9 Å². The number of carbonyl (C=O) groups excluding carboxylic acids is 1. The molecule has 1 aromatic carbocycles. The smallest absolute Gasteiger partial charge is 0.220 e. The predicted molar refractivity (Wildman–Crippen MR) is 54.7 cm³/mol. The summed E-state index contributed by atoms with van der Waals surface area (Å²) in [5.74, 6) is -0.546. The summed E-state index contributed by atoms with van der Waals surface area (Å²) in [5.41, 5.74) is 0.569. The number of rotatable bonds is 4. The van der Waals surface area contributed by atoms with Gasteiger partial charge in [-0.15, -0.1) is 0 Å². The van der Waals surface area contributed by atoms with E-state index < -0.39 is 6.04 Å². The van der Waals surface area contributed by atoms with Gasteiger partial charge in [0.1, 0.15) is 5.82 Å². The maximum atomic E-state index is 12.9. The van der Waals surface area contributed by atoms with Gasteiger partial charge in [-0.1, -0.05) is 19.1 Å². The van der Waals surface area contributed by atoms with E-state index in [0.717, 1.165) is 0 Å². The summed E-state index contributed by atoms with van der Waals surface area (Å²) >= 11 is 0. The minimum absolute atomic E-state index is 0.168. The zero-order valence-corrected chi connectivity index (χ0v) is 8.53. The van der Waals surface area contributed by atoms with E-state index in [0.29, 0.717) is 12.0 Å². The monoisotopic (exact) mass is 211 g/mol. The van der Waals surface area contributed by atoms with Crippen LogP contribution >= 0.6 is 0 Å². The fraction of sp³-hybridized carbons (Fsp3) is 0.364. The molecule has 0 aromatic heterocycles. The first kappa shape index (κ1) is 11.7. The van der Waals surface area contributed by atoms with Crippen molar-refractivity contribution in [3.05, 3.63) is 35.6 Å². The summed E-state index contributed by atoms with van der Waals surface area (Å²) in [4.78, 5) is 11.1. The number of hydrogen-bond acceptors (Lipinski definition) is 2. The second-order valence-corrected chi connectivity index (χ2v) is 3.21. The first-order valence-corrected chi connectivity index (χ1v) is 4.83. The Balaban J connectivity index is 2.78. The highest BCUT2D eigenvalue weighted by Gasteiger charge is 2.12. The average molecular weight is 211 g/mol. The van der Waals surface area contributed by atoms with Gasteiger partial charge in [-0.2, -0.15) is 0 Å². The first-order valence-electron chi connectivity index (χ1n) is 4.83. The Morgan fingerprint density at radius 1 is 1.60 bits per heavy atom. The molecule has 0 radical (unpaired) electrons. The lowest BCUT2D eigenvalue weighted by atomic mass is 10.1. The number of hydrogen-bond donors (Lipinski definition) is 2. The molecule has 1 unspecified atom stereocenters. The molecule has 1 rings (SSSR count). The lowest BCUT2D eigenvalue weighted by molar-refractivity contribution is -0.121. The number of amides is 1. The first-order chi connectivity index (χ1) is 7.17. The fourth-order valence-corrected chi connectivity index (χ4v) is 1.25. The largest absolute Gasteiger partial charge is 0.394 e. The van der Waals surface area contributed by atoms with E-state index in [1.54, 1.807) is 19.1 Å². The maximum absolute atomic E-state index is 12.9. The molecule has 0 heterocycles. The highest BCUT2D eigenvalue weighted by atomic mass is 19.1. The second-order valence-electron chi connectivity index (χ2n) is 3.21. The van der Waals surface area contributed by atoms with Crippen LogP contribution in [0.4, 0.5) is 4.39 Å². The summed E-state index contributed by atoms with van der Waals surface area (Å²) in [6.07, 6.45) is 0.339. The van der Waals surface area contributed by atoms with Gasteiger partial charge in [0.25, 0.3) is 0 Å². The van der Waals surface area contributed by atoms with Gasteiger partial charge in [0, 0.05) is 6.42 Å². The molecule has 4 heteroatoms. The fourth-order valence-electron chi connectivity index (χ4n) is 1.25. The molecule has 1 aromatic rings. The molecule has 0 fully saturated rings. The molecule has 1 atom stereocenters. The Hall–Kier alpha value is -1.42. The number of halogens is 1. The van der Waals surface area contributed by atoms with Crippen LogP contribution in [0, 0.1) is 5.82 Å². The highest BCUT2D eigenvalue weighted by Crippen LogP contribution is 2.13. The number of benzene rings is 1. The third kappa shape index (κ3) is 3.32. The standard InChI is InChI=1S/C11H14FNO2/c1-2-11(15)13-10(7-14)8-4-3-5-9(12)6-8/h3-6,10,14H,2,7H2,1H3,(H,13,15). The molecule has 3 nitrogen and oxygen atoms in total. The zero-order chi connectivity index (χ0) is 11.3. The molecular formula is C11H14FNO2. The van der Waals surface area contributed by atoms with E-state index >= 15 is 0 Å². The summed E-state index contributed by atoms with van der Waals surface area (Å²) in [7, 11) is 0. The minimum Gasteiger partial charge on any atom is -0.394 e. The third-order valence-corrected chi connectivity index (χ3v) is 2.09. The Morgan fingerprint density at radius 2 is 2.33 bits per heavy atom. The van der Waals surface area contributed by atoms with E-state index in [-0.39, 0.29) is 18.3 Å². The van der Waals surface area contributed by atoms with Crippen molar-refractivity contribution in [1.29, 1.82) is 0 Å². The van der Waals surface area contributed by atoms with Crippen molar-refractivity contribution in [3.63, 3.8) is 0 Å². The molecule has 0 spiro atoms. The van der Waals surface area contributed by atoms with Gasteiger partial charge in [0.2, 0.25) is 5.91 Å². The molecule has 0 saturated carbocycles. The van der Waals surface area contributed by atoms with E-state index in [1.165, 1.54) is 12.1 Å². The summed E-state index contributed by atoms with van der Waals surface area (Å²) in [6, 6.07) is 5.30. The van der Waals surface area contributed by atoms with E-state index in [2.05, 4.69) is 5.32 Å². The summed E-state index contributed by atoms with van der Waals surface area (Å²) in [5, 5.41) is 11.7. The van der Waals surface area contributed by atoms with Crippen molar-refractivity contribution >= 4 is 5.91 Å². The molecule has 0 saturated heterocycles. The quantitative estimate of drug-likeness (QED) is 0.790. The summed E-state index contributed by atoms with van der Waals surface area (Å²) in [6.45, 7) is 1.48. The molecule has 0 bridgehead atoms. The van der Waals surface area contributed by atoms with Crippen LogP contribution in [-0.4, -0.2) is 17.6 Å². The van der Waals surface area contributed by atoms with E-state index in [9.17, 15) is 9.18 Å². The van der Waals surface area contributed by atoms with Crippen molar-refractivity contribution in [1.82, 2.24) is 5.32 Å². The molecule has 1 amide bonds. The van der Waals surface area contributed by atoms with Crippen LogP contribution in [0.2, 0.25) is 0 Å². The van der Waals surface area contributed by atoms with Gasteiger partial charge < -0.3 is 10.4 Å². The van der Waals surface area contributed by atoms with Crippen LogP contribution in [0.1, 0.15) is 24.9 Å². The van der Waals surface area contributed by atoms with Gasteiger partial charge in [0.15, 0.2) is 0 Å². The molecule has 0 aliphatic carbocycles. The lowest BCUT2D eigenvalue weighted by Gasteiger charge is -2.16. The van der Waals surface area contributed by atoms with Crippen LogP contribution in [0.25, 0.3) is 0 Å². The average Bonchev–Trinajstić information content (AvgIpc) is 2.25. The van der Waals surface area contributed by atoms with Crippen LogP contribution in [0.15, 0.2) is 24.3 Å². The number of aliphatic hydroxyl groups is 1. The van der Waals surface area contributed by atoms with Crippen molar-refractivity contribution < 1.29 is 14.3 Å². The lowest BCUT2D eigenvalue weighted by Crippen LogP contribution is -2.30. The molecule has 2 N–H and O–H groups in total. The number of aliphatic hydroxyl groups excluding tert-OH is 1. The summed E-state index contributed by atoms with van der Waals surface area (Å²) < 4.78 is 12.9. The van der Waals surface area contributed by atoms with Crippen molar-refractivity contribution in [2.75, 3.05) is 6.61 Å². The highest BCUT2D eigenvalue weighted by molar-refractivity contribution is 5.76. The molecule has 15 heavy (non-hydrogen) atoms. The topological polar surface area (TPSA) is 49.3 Å². The van der Waals surface area contributed by atoms with Crippen molar-refractivity contribution in [2.45, 2.75) is 19.4 Å². The van der Waals surface area contributed by atoms with Gasteiger partial charge >= 0.3 is 0 Å². The van der Waals surface area contributed by atoms with E-state index in [1.807, 2.05) is 0 Å².